The molecule has 2 aromatic carbocycles. The van der Waals surface area contributed by atoms with Crippen LogP contribution >= 0.6 is 0 Å². The molecule has 0 saturated carbocycles. The Labute approximate surface area is 205 Å². The van der Waals surface area contributed by atoms with Gasteiger partial charge in [-0.3, -0.25) is 0 Å². The Morgan fingerprint density at radius 2 is 1.29 bits per heavy atom. The molecule has 0 unspecified atom stereocenters. The van der Waals surface area contributed by atoms with Crippen LogP contribution in [0.4, 0.5) is 0 Å². The summed E-state index contributed by atoms with van der Waals surface area (Å²) in [6, 6.07) is 22.0. The second-order valence-electron chi connectivity index (χ2n) is 8.55. The van der Waals surface area contributed by atoms with E-state index < -0.39 is 20.8 Å². The van der Waals surface area contributed by atoms with Crippen LogP contribution in [0.2, 0.25) is 0 Å². The standard InChI is InChI=1S/C25H31N2O2S.ClO3/c1-18(2)24-16-22(21-8-6-5-7-9-21)17-25(19(3)4)27(24)15-14-20-10-12-23(13-11-20)30(26,28)29;2-1(3)4/h5-13,16-19H,14-15H2,1-4H3,(H2,26,28,29);/q+1;-1. The molecule has 0 aliphatic rings. The smallest absolute Gasteiger partial charge is 0.238 e. The predicted octanol–water partition coefficient (Wildman–Crippen LogP) is 1.21. The first kappa shape index (κ1) is 27.9. The molecule has 0 bridgehead atoms. The normalized spacial score (nSPS) is 11.6. The number of nitrogens with two attached hydrogens (primary N) is 1. The number of halogens is 1. The van der Waals surface area contributed by atoms with E-state index in [0.717, 1.165) is 18.5 Å². The van der Waals surface area contributed by atoms with E-state index in [1.165, 1.54) is 22.5 Å². The maximum absolute atomic E-state index is 11.5. The van der Waals surface area contributed by atoms with E-state index in [-0.39, 0.29) is 4.90 Å². The Hall–Kier alpha value is -2.33. The maximum Gasteiger partial charge on any atom is 0.238 e. The van der Waals surface area contributed by atoms with Gasteiger partial charge in [0.05, 0.1) is 15.7 Å². The van der Waals surface area contributed by atoms with Gasteiger partial charge in [0.15, 0.2) is 17.9 Å². The van der Waals surface area contributed by atoms with E-state index >= 15 is 0 Å². The second-order valence-corrected chi connectivity index (χ2v) is 10.5. The van der Waals surface area contributed by atoms with Gasteiger partial charge in [0.1, 0.15) is 0 Å². The molecule has 0 atom stereocenters. The van der Waals surface area contributed by atoms with Crippen LogP contribution in [0.25, 0.3) is 11.1 Å². The highest BCUT2D eigenvalue weighted by molar-refractivity contribution is 7.89. The zero-order valence-electron chi connectivity index (χ0n) is 19.8. The van der Waals surface area contributed by atoms with E-state index in [1.807, 2.05) is 18.2 Å². The molecule has 0 aliphatic carbocycles. The Kier molecular flexibility index (Phi) is 10.2. The van der Waals surface area contributed by atoms with Gasteiger partial charge in [-0.1, -0.05) is 70.2 Å². The van der Waals surface area contributed by atoms with Crippen LogP contribution in [-0.2, 0) is 23.0 Å². The van der Waals surface area contributed by atoms with Crippen LogP contribution in [0.1, 0.15) is 56.5 Å². The predicted molar refractivity (Wildman–Crippen MR) is 122 cm³/mol. The van der Waals surface area contributed by atoms with Gasteiger partial charge in [-0.25, -0.2) is 13.6 Å². The molecule has 1 aromatic heterocycles. The lowest BCUT2D eigenvalue weighted by atomic mass is 9.96. The Morgan fingerprint density at radius 1 is 0.824 bits per heavy atom. The lowest BCUT2D eigenvalue weighted by Gasteiger charge is -2.16. The fraction of sp³-hybridized carbons (Fsp3) is 0.320. The summed E-state index contributed by atoms with van der Waals surface area (Å²) in [5.74, 6) is 0.770. The van der Waals surface area contributed by atoms with Gasteiger partial charge in [0, 0.05) is 30.4 Å². The first-order valence-corrected chi connectivity index (χ1v) is 13.3. The molecule has 0 amide bonds. The SMILES string of the molecule is CC(C)c1cc(-c2ccccc2)cc(C(C)C)[n+]1CCc1ccc(S(N)(=O)=O)cc1.[O-][Cl+2]([O-])[O-]. The van der Waals surface area contributed by atoms with Crippen LogP contribution in [-0.4, -0.2) is 8.42 Å². The van der Waals surface area contributed by atoms with Crippen molar-refractivity contribution < 1.29 is 37.7 Å². The molecule has 0 fully saturated rings. The number of hydrogen-bond acceptors (Lipinski definition) is 5. The van der Waals surface area contributed by atoms with Crippen molar-refractivity contribution in [3.05, 3.63) is 83.7 Å². The molecule has 0 aliphatic heterocycles. The van der Waals surface area contributed by atoms with Crippen molar-refractivity contribution in [2.45, 2.75) is 57.4 Å². The molecule has 0 radical (unpaired) electrons. The molecular weight excluding hydrogens is 476 g/mol. The van der Waals surface area contributed by atoms with Crippen LogP contribution in [0.3, 0.4) is 0 Å². The average molecular weight is 507 g/mol. The van der Waals surface area contributed by atoms with Crippen molar-refractivity contribution in [3.63, 3.8) is 0 Å². The number of benzene rings is 2. The maximum atomic E-state index is 11.5. The highest BCUT2D eigenvalue weighted by atomic mass is 35.6. The van der Waals surface area contributed by atoms with E-state index in [4.69, 9.17) is 19.1 Å². The minimum atomic E-state index is -3.66. The van der Waals surface area contributed by atoms with Gasteiger partial charge < -0.3 is 14.0 Å². The fourth-order valence-corrected chi connectivity index (χ4v) is 4.28. The first-order chi connectivity index (χ1) is 15.9. The van der Waals surface area contributed by atoms with Crippen molar-refractivity contribution >= 4 is 10.0 Å². The summed E-state index contributed by atoms with van der Waals surface area (Å²) in [6.45, 7) is 9.75. The third-order valence-corrected chi connectivity index (χ3v) is 6.33. The van der Waals surface area contributed by atoms with E-state index in [0.29, 0.717) is 11.8 Å². The molecule has 184 valence electrons. The number of rotatable bonds is 7. The summed E-state index contributed by atoms with van der Waals surface area (Å²) < 4.78 is 50.6. The van der Waals surface area contributed by atoms with E-state index in [1.54, 1.807) is 12.1 Å². The molecular formula is C25H31ClN2O5S. The molecule has 3 rings (SSSR count). The van der Waals surface area contributed by atoms with Gasteiger partial charge in [0.25, 0.3) is 0 Å². The summed E-state index contributed by atoms with van der Waals surface area (Å²) in [4.78, 5) is 0.150. The molecule has 1 heterocycles. The van der Waals surface area contributed by atoms with Gasteiger partial charge >= 0.3 is 0 Å². The summed E-state index contributed by atoms with van der Waals surface area (Å²) in [5.41, 5.74) is 6.18. The lowest BCUT2D eigenvalue weighted by Crippen LogP contribution is -2.44. The average Bonchev–Trinajstić information content (AvgIpc) is 2.77. The lowest BCUT2D eigenvalue weighted by molar-refractivity contribution is -1.73. The second kappa shape index (κ2) is 12.4. The number of nitrogens with zero attached hydrogens (tertiary/aromatic N) is 1. The molecule has 9 heteroatoms. The minimum Gasteiger partial charge on any atom is -0.357 e. The third-order valence-electron chi connectivity index (χ3n) is 5.40. The number of primary sulfonamides is 1. The number of sulfonamides is 1. The zero-order chi connectivity index (χ0) is 25.5. The molecule has 0 saturated heterocycles. The molecule has 7 nitrogen and oxygen atoms in total. The zero-order valence-corrected chi connectivity index (χ0v) is 21.3. The monoisotopic (exact) mass is 506 g/mol. The van der Waals surface area contributed by atoms with Crippen molar-refractivity contribution in [1.82, 2.24) is 0 Å². The molecule has 3 aromatic rings. The summed E-state index contributed by atoms with van der Waals surface area (Å²) in [5, 5.41) is 5.21. The number of aryl methyl sites for hydroxylation is 1. The van der Waals surface area contributed by atoms with Gasteiger partial charge in [-0.2, -0.15) is 4.57 Å². The van der Waals surface area contributed by atoms with Crippen molar-refractivity contribution in [3.8, 4) is 11.1 Å². The number of hydrogen-bond donors (Lipinski definition) is 1. The van der Waals surface area contributed by atoms with Crippen molar-refractivity contribution in [2.24, 2.45) is 5.14 Å². The first-order valence-electron chi connectivity index (χ1n) is 10.9. The van der Waals surface area contributed by atoms with Crippen molar-refractivity contribution in [1.29, 1.82) is 0 Å². The molecule has 2 N–H and O–H groups in total. The van der Waals surface area contributed by atoms with Crippen LogP contribution in [0, 0.1) is 10.8 Å². The van der Waals surface area contributed by atoms with Crippen molar-refractivity contribution in [2.75, 3.05) is 0 Å². The Morgan fingerprint density at radius 3 is 1.71 bits per heavy atom. The van der Waals surface area contributed by atoms with E-state index in [9.17, 15) is 8.42 Å². The van der Waals surface area contributed by atoms with Gasteiger partial charge in [0.2, 0.25) is 10.0 Å². The Bertz CT molecular complexity index is 1130. The summed E-state index contributed by atoms with van der Waals surface area (Å²) in [7, 11) is -6.51. The summed E-state index contributed by atoms with van der Waals surface area (Å²) in [6.07, 6.45) is 0.819. The number of pyridine rings is 1. The minimum absolute atomic E-state index is 0.150. The summed E-state index contributed by atoms with van der Waals surface area (Å²) >= 11 is 0. The van der Waals surface area contributed by atoms with Gasteiger partial charge in [-0.05, 0) is 28.8 Å². The quantitative estimate of drug-likeness (QED) is 0.481. The van der Waals surface area contributed by atoms with Crippen LogP contribution < -0.4 is 23.7 Å². The van der Waals surface area contributed by atoms with Crippen LogP contribution in [0.15, 0.2) is 71.6 Å². The largest absolute Gasteiger partial charge is 0.357 e. The van der Waals surface area contributed by atoms with Gasteiger partial charge in [-0.15, -0.1) is 0 Å². The van der Waals surface area contributed by atoms with Crippen LogP contribution in [0.5, 0.6) is 0 Å². The Balaban J connectivity index is 0.000000945. The van der Waals surface area contributed by atoms with E-state index in [2.05, 4.69) is 68.7 Å². The number of aromatic nitrogens is 1. The highest BCUT2D eigenvalue weighted by Crippen LogP contribution is 2.26. The fourth-order valence-electron chi connectivity index (χ4n) is 3.76. The third kappa shape index (κ3) is 8.16. The molecule has 0 spiro atoms. The molecule has 34 heavy (non-hydrogen) atoms. The highest BCUT2D eigenvalue weighted by Gasteiger charge is 2.24. The topological polar surface area (TPSA) is 133 Å².